The van der Waals surface area contributed by atoms with E-state index < -0.39 is 0 Å². The summed E-state index contributed by atoms with van der Waals surface area (Å²) in [4.78, 5) is 34.8. The van der Waals surface area contributed by atoms with Crippen LogP contribution in [-0.2, 0) is 11.3 Å². The average Bonchev–Trinajstić information content (AvgIpc) is 3.00. The van der Waals surface area contributed by atoms with Gasteiger partial charge in [-0.2, -0.15) is 0 Å². The second kappa shape index (κ2) is 5.78. The number of hydrogen-bond donors (Lipinski definition) is 4. The van der Waals surface area contributed by atoms with Crippen molar-refractivity contribution in [2.45, 2.75) is 6.54 Å². The molecule has 2 aromatic heterocycles. The molecule has 0 atom stereocenters. The standard InChI is InChI=1S/C16H14N6O3/c17-9-5-18-14-13(9)20-7-21-15(14)16(24)19-4-8-1-2-11-10(3-8)22-12(23)6-25-11/h1-3,5,7,18H,4,6,17H2,(H,19,24)(H,22,23). The molecule has 1 aliphatic heterocycles. The topological polar surface area (TPSA) is 135 Å². The first-order valence-electron chi connectivity index (χ1n) is 7.53. The molecule has 0 saturated heterocycles. The van der Waals surface area contributed by atoms with Gasteiger partial charge in [0.25, 0.3) is 11.8 Å². The van der Waals surface area contributed by atoms with Crippen molar-refractivity contribution in [2.24, 2.45) is 0 Å². The molecular formula is C16H14N6O3. The van der Waals surface area contributed by atoms with E-state index in [1.165, 1.54) is 6.33 Å². The molecule has 0 radical (unpaired) electrons. The molecule has 0 saturated carbocycles. The molecule has 1 aliphatic rings. The lowest BCUT2D eigenvalue weighted by Crippen LogP contribution is -2.26. The average molecular weight is 338 g/mol. The largest absolute Gasteiger partial charge is 0.482 e. The Morgan fingerprint density at radius 3 is 3.12 bits per heavy atom. The highest BCUT2D eigenvalue weighted by molar-refractivity contribution is 6.05. The van der Waals surface area contributed by atoms with Crippen LogP contribution in [0.2, 0.25) is 0 Å². The number of H-pyrrole nitrogens is 1. The van der Waals surface area contributed by atoms with E-state index in [2.05, 4.69) is 25.6 Å². The van der Waals surface area contributed by atoms with Gasteiger partial charge in [0.15, 0.2) is 12.3 Å². The summed E-state index contributed by atoms with van der Waals surface area (Å²) in [5.41, 5.74) is 8.86. The first kappa shape index (κ1) is 14.9. The third-order valence-electron chi connectivity index (χ3n) is 3.84. The van der Waals surface area contributed by atoms with Crippen LogP contribution in [0.4, 0.5) is 11.4 Å². The number of ether oxygens (including phenoxy) is 1. The highest BCUT2D eigenvalue weighted by Gasteiger charge is 2.17. The number of hydrogen-bond acceptors (Lipinski definition) is 6. The smallest absolute Gasteiger partial charge is 0.272 e. The maximum Gasteiger partial charge on any atom is 0.272 e. The SMILES string of the molecule is Nc1c[nH]c2c(C(=O)NCc3ccc4c(c3)NC(=O)CO4)ncnc12. The van der Waals surface area contributed by atoms with Crippen LogP contribution >= 0.6 is 0 Å². The van der Waals surface area contributed by atoms with Gasteiger partial charge < -0.3 is 26.1 Å². The van der Waals surface area contributed by atoms with E-state index in [0.29, 0.717) is 28.2 Å². The van der Waals surface area contributed by atoms with Crippen molar-refractivity contribution in [2.75, 3.05) is 17.7 Å². The Labute approximate surface area is 141 Å². The van der Waals surface area contributed by atoms with Gasteiger partial charge in [-0.1, -0.05) is 6.07 Å². The van der Waals surface area contributed by atoms with Gasteiger partial charge >= 0.3 is 0 Å². The van der Waals surface area contributed by atoms with Crippen LogP contribution in [0.15, 0.2) is 30.7 Å². The van der Waals surface area contributed by atoms with Gasteiger partial charge in [-0.15, -0.1) is 0 Å². The lowest BCUT2D eigenvalue weighted by Gasteiger charge is -2.18. The maximum atomic E-state index is 12.4. The fraction of sp³-hybridized carbons (Fsp3) is 0.125. The first-order valence-corrected chi connectivity index (χ1v) is 7.53. The van der Waals surface area contributed by atoms with Gasteiger partial charge in [0.2, 0.25) is 0 Å². The summed E-state index contributed by atoms with van der Waals surface area (Å²) < 4.78 is 5.30. The molecule has 3 heterocycles. The van der Waals surface area contributed by atoms with E-state index in [1.807, 2.05) is 6.07 Å². The van der Waals surface area contributed by atoms with E-state index in [-0.39, 0.29) is 30.7 Å². The predicted octanol–water partition coefficient (Wildman–Crippen LogP) is 0.801. The van der Waals surface area contributed by atoms with Crippen LogP contribution in [-0.4, -0.2) is 33.4 Å². The Hall–Kier alpha value is -3.62. The predicted molar refractivity (Wildman–Crippen MR) is 90.0 cm³/mol. The normalized spacial score (nSPS) is 13.0. The number of nitrogen functional groups attached to an aromatic ring is 1. The monoisotopic (exact) mass is 338 g/mol. The van der Waals surface area contributed by atoms with Crippen LogP contribution in [0.25, 0.3) is 11.0 Å². The third-order valence-corrected chi connectivity index (χ3v) is 3.84. The zero-order valence-corrected chi connectivity index (χ0v) is 13.0. The summed E-state index contributed by atoms with van der Waals surface area (Å²) in [6.07, 6.45) is 2.87. The van der Waals surface area contributed by atoms with Gasteiger partial charge in [-0.25, -0.2) is 9.97 Å². The Bertz CT molecular complexity index is 997. The number of anilines is 2. The summed E-state index contributed by atoms with van der Waals surface area (Å²) in [6, 6.07) is 5.33. The van der Waals surface area contributed by atoms with Crippen LogP contribution in [0.1, 0.15) is 16.1 Å². The summed E-state index contributed by atoms with van der Waals surface area (Å²) in [7, 11) is 0. The van der Waals surface area contributed by atoms with Crippen LogP contribution in [0.3, 0.4) is 0 Å². The van der Waals surface area contributed by atoms with Crippen LogP contribution in [0, 0.1) is 0 Å². The lowest BCUT2D eigenvalue weighted by atomic mass is 10.1. The highest BCUT2D eigenvalue weighted by atomic mass is 16.5. The second-order valence-electron chi connectivity index (χ2n) is 5.54. The van der Waals surface area contributed by atoms with Crippen LogP contribution < -0.4 is 21.1 Å². The minimum atomic E-state index is -0.354. The van der Waals surface area contributed by atoms with E-state index in [9.17, 15) is 9.59 Å². The quantitative estimate of drug-likeness (QED) is 0.558. The van der Waals surface area contributed by atoms with Gasteiger partial charge in [-0.3, -0.25) is 9.59 Å². The fourth-order valence-corrected chi connectivity index (χ4v) is 2.64. The summed E-state index contributed by atoms with van der Waals surface area (Å²) in [5.74, 6) is 0.0442. The molecule has 0 aliphatic carbocycles. The van der Waals surface area contributed by atoms with Crippen molar-refractivity contribution in [3.8, 4) is 5.75 Å². The van der Waals surface area contributed by atoms with Crippen molar-refractivity contribution >= 4 is 34.2 Å². The number of fused-ring (bicyclic) bond motifs is 2. The zero-order chi connectivity index (χ0) is 17.4. The maximum absolute atomic E-state index is 12.4. The third kappa shape index (κ3) is 2.71. The van der Waals surface area contributed by atoms with E-state index in [0.717, 1.165) is 5.56 Å². The molecule has 0 unspecified atom stereocenters. The summed E-state index contributed by atoms with van der Waals surface area (Å²) >= 11 is 0. The Morgan fingerprint density at radius 1 is 1.36 bits per heavy atom. The Balaban J connectivity index is 1.52. The number of aromatic amines is 1. The van der Waals surface area contributed by atoms with Gasteiger partial charge in [0.1, 0.15) is 17.6 Å². The van der Waals surface area contributed by atoms with E-state index >= 15 is 0 Å². The molecule has 5 N–H and O–H groups in total. The van der Waals surface area contributed by atoms with Crippen LogP contribution in [0.5, 0.6) is 5.75 Å². The zero-order valence-electron chi connectivity index (χ0n) is 13.0. The molecule has 1 aromatic carbocycles. The minimum absolute atomic E-state index is 0.00602. The fourth-order valence-electron chi connectivity index (χ4n) is 2.64. The molecule has 2 amide bonds. The number of nitrogens with one attached hydrogen (secondary N) is 3. The molecule has 3 aromatic rings. The molecule has 0 fully saturated rings. The van der Waals surface area contributed by atoms with Crippen molar-refractivity contribution in [1.82, 2.24) is 20.3 Å². The molecule has 0 spiro atoms. The molecule has 9 heteroatoms. The van der Waals surface area contributed by atoms with Gasteiger partial charge in [-0.05, 0) is 17.7 Å². The Morgan fingerprint density at radius 2 is 2.24 bits per heavy atom. The van der Waals surface area contributed by atoms with Gasteiger partial charge in [0, 0.05) is 12.7 Å². The molecular weight excluding hydrogens is 324 g/mol. The molecule has 4 rings (SSSR count). The molecule has 9 nitrogen and oxygen atoms in total. The molecule has 126 valence electrons. The number of benzene rings is 1. The number of nitrogens with zero attached hydrogens (tertiary/aromatic N) is 2. The Kier molecular flexibility index (Phi) is 3.46. The summed E-state index contributed by atoms with van der Waals surface area (Å²) in [6.45, 7) is 0.274. The van der Waals surface area contributed by atoms with Crippen molar-refractivity contribution in [3.05, 3.63) is 42.0 Å². The minimum Gasteiger partial charge on any atom is -0.482 e. The summed E-state index contributed by atoms with van der Waals surface area (Å²) in [5, 5.41) is 5.52. The van der Waals surface area contributed by atoms with Crippen molar-refractivity contribution in [1.29, 1.82) is 0 Å². The number of amides is 2. The van der Waals surface area contributed by atoms with E-state index in [4.69, 9.17) is 10.5 Å². The number of carbonyl (C=O) groups is 2. The van der Waals surface area contributed by atoms with Crippen molar-refractivity contribution < 1.29 is 14.3 Å². The van der Waals surface area contributed by atoms with Crippen molar-refractivity contribution in [3.63, 3.8) is 0 Å². The number of aromatic nitrogens is 3. The molecule has 25 heavy (non-hydrogen) atoms. The van der Waals surface area contributed by atoms with Gasteiger partial charge in [0.05, 0.1) is 16.9 Å². The molecule has 0 bridgehead atoms. The highest BCUT2D eigenvalue weighted by Crippen LogP contribution is 2.28. The number of carbonyl (C=O) groups excluding carboxylic acids is 2. The number of rotatable bonds is 3. The first-order chi connectivity index (χ1) is 12.1. The number of nitrogens with two attached hydrogens (primary N) is 1. The van der Waals surface area contributed by atoms with E-state index in [1.54, 1.807) is 18.3 Å². The second-order valence-corrected chi connectivity index (χ2v) is 5.54. The lowest BCUT2D eigenvalue weighted by molar-refractivity contribution is -0.118.